The first kappa shape index (κ1) is 17.4. The highest BCUT2D eigenvalue weighted by Gasteiger charge is 2.24. The Balaban J connectivity index is 2.64. The number of ether oxygens (including phenoxy) is 1. The molecule has 1 rings (SSSR count). The molecule has 1 atom stereocenters. The van der Waals surface area contributed by atoms with Gasteiger partial charge in [-0.2, -0.15) is 0 Å². The Labute approximate surface area is 124 Å². The number of phosphoric acid groups is 1. The molecule has 7 heteroatoms. The second-order valence-electron chi connectivity index (χ2n) is 4.15. The third-order valence-electron chi connectivity index (χ3n) is 2.59. The Morgan fingerprint density at radius 2 is 1.76 bits per heavy atom. The normalized spacial score (nSPS) is 13.6. The molecule has 0 radical (unpaired) electrons. The van der Waals surface area contributed by atoms with Crippen molar-refractivity contribution in [1.82, 2.24) is 0 Å². The molecule has 0 aliphatic carbocycles. The van der Waals surface area contributed by atoms with Crippen molar-refractivity contribution in [3.8, 4) is 0 Å². The molecule has 6 nitrogen and oxygen atoms in total. The fourth-order valence-electron chi connectivity index (χ4n) is 1.52. The number of allylic oxidation sites excluding steroid dienone is 1. The summed E-state index contributed by atoms with van der Waals surface area (Å²) in [4.78, 5) is 11.7. The van der Waals surface area contributed by atoms with Crippen molar-refractivity contribution in [2.45, 2.75) is 20.0 Å². The van der Waals surface area contributed by atoms with Gasteiger partial charge < -0.3 is 9.26 Å². The average Bonchev–Trinajstić information content (AvgIpc) is 2.47. The highest BCUT2D eigenvalue weighted by Crippen LogP contribution is 2.49. The standard InChI is InChI=1S/C14H19O6P/c1-11(20-21(16,17-3)18-4)10-14(15)19-12(2)13-8-6-5-7-9-13/h5-10,12H,1-4H3/b11-10+/t12-/m0/s1. The van der Waals surface area contributed by atoms with Crippen LogP contribution < -0.4 is 0 Å². The number of hydrogen-bond donors (Lipinski definition) is 0. The summed E-state index contributed by atoms with van der Waals surface area (Å²) in [5, 5.41) is 0. The monoisotopic (exact) mass is 314 g/mol. The molecule has 0 aliphatic rings. The van der Waals surface area contributed by atoms with Crippen LogP contribution in [0, 0.1) is 0 Å². The van der Waals surface area contributed by atoms with Crippen LogP contribution in [0.15, 0.2) is 42.2 Å². The fourth-order valence-corrected chi connectivity index (χ4v) is 2.22. The smallest absolute Gasteiger partial charge is 0.455 e. The molecule has 0 fully saturated rings. The molecule has 116 valence electrons. The summed E-state index contributed by atoms with van der Waals surface area (Å²) in [5.41, 5.74) is 0.872. The summed E-state index contributed by atoms with van der Waals surface area (Å²) >= 11 is 0. The lowest BCUT2D eigenvalue weighted by Crippen LogP contribution is -2.07. The largest absolute Gasteiger partial charge is 0.529 e. The number of hydrogen-bond acceptors (Lipinski definition) is 6. The van der Waals surface area contributed by atoms with Gasteiger partial charge in [-0.15, -0.1) is 0 Å². The third kappa shape index (κ3) is 5.71. The van der Waals surface area contributed by atoms with E-state index in [2.05, 4.69) is 9.05 Å². The lowest BCUT2D eigenvalue weighted by Gasteiger charge is -2.15. The van der Waals surface area contributed by atoms with Crippen LogP contribution in [0.1, 0.15) is 25.5 Å². The zero-order valence-electron chi connectivity index (χ0n) is 12.4. The molecule has 0 spiro atoms. The van der Waals surface area contributed by atoms with E-state index in [4.69, 9.17) is 9.26 Å². The molecule has 0 saturated heterocycles. The van der Waals surface area contributed by atoms with Gasteiger partial charge in [-0.1, -0.05) is 30.3 Å². The number of carbonyl (C=O) groups is 1. The zero-order valence-corrected chi connectivity index (χ0v) is 13.3. The van der Waals surface area contributed by atoms with Crippen LogP contribution in [0.25, 0.3) is 0 Å². The van der Waals surface area contributed by atoms with E-state index < -0.39 is 19.9 Å². The second-order valence-corrected chi connectivity index (χ2v) is 5.96. The van der Waals surface area contributed by atoms with E-state index in [1.54, 1.807) is 6.92 Å². The Kier molecular flexibility index (Phi) is 6.62. The maximum atomic E-state index is 11.7. The molecule has 1 aromatic rings. The fraction of sp³-hybridized carbons (Fsp3) is 0.357. The highest BCUT2D eigenvalue weighted by atomic mass is 31.2. The summed E-state index contributed by atoms with van der Waals surface area (Å²) in [6.07, 6.45) is 0.684. The van der Waals surface area contributed by atoms with Gasteiger partial charge in [0.1, 0.15) is 11.9 Å². The van der Waals surface area contributed by atoms with Gasteiger partial charge in [0.2, 0.25) is 0 Å². The third-order valence-corrected chi connectivity index (χ3v) is 3.99. The number of esters is 1. The van der Waals surface area contributed by atoms with E-state index >= 15 is 0 Å². The maximum absolute atomic E-state index is 11.7. The predicted molar refractivity (Wildman–Crippen MR) is 77.4 cm³/mol. The summed E-state index contributed by atoms with van der Waals surface area (Å²) < 4.78 is 31.1. The van der Waals surface area contributed by atoms with E-state index in [0.29, 0.717) is 0 Å². The van der Waals surface area contributed by atoms with Gasteiger partial charge >= 0.3 is 13.8 Å². The number of benzene rings is 1. The summed E-state index contributed by atoms with van der Waals surface area (Å²) in [6.45, 7) is 3.21. The van der Waals surface area contributed by atoms with Gasteiger partial charge in [0.05, 0.1) is 6.08 Å². The number of carbonyl (C=O) groups excluding carboxylic acids is 1. The van der Waals surface area contributed by atoms with Crippen molar-refractivity contribution < 1.29 is 27.7 Å². The second kappa shape index (κ2) is 7.98. The van der Waals surface area contributed by atoms with Crippen LogP contribution in [0.4, 0.5) is 0 Å². The minimum atomic E-state index is -3.66. The quantitative estimate of drug-likeness (QED) is 0.331. The lowest BCUT2D eigenvalue weighted by molar-refractivity contribution is -0.142. The molecular weight excluding hydrogens is 295 g/mol. The number of rotatable bonds is 7. The molecule has 0 amide bonds. The molecule has 0 unspecified atom stereocenters. The van der Waals surface area contributed by atoms with E-state index in [-0.39, 0.29) is 5.76 Å². The van der Waals surface area contributed by atoms with Gasteiger partial charge in [-0.25, -0.2) is 9.36 Å². The van der Waals surface area contributed by atoms with Crippen molar-refractivity contribution in [2.24, 2.45) is 0 Å². The van der Waals surface area contributed by atoms with E-state index in [9.17, 15) is 9.36 Å². The summed E-state index contributed by atoms with van der Waals surface area (Å²) in [6, 6.07) is 9.31. The van der Waals surface area contributed by atoms with Gasteiger partial charge in [0.25, 0.3) is 0 Å². The molecule has 0 bridgehead atoms. The van der Waals surface area contributed by atoms with E-state index in [1.165, 1.54) is 21.1 Å². The van der Waals surface area contributed by atoms with Crippen molar-refractivity contribution >= 4 is 13.8 Å². The topological polar surface area (TPSA) is 71.1 Å². The SMILES string of the molecule is COP(=O)(OC)O/C(C)=C/C(=O)O[C@@H](C)c1ccccc1. The summed E-state index contributed by atoms with van der Waals surface area (Å²) in [7, 11) is -1.29. The minimum absolute atomic E-state index is 0.0762. The zero-order chi connectivity index (χ0) is 15.9. The average molecular weight is 314 g/mol. The molecule has 21 heavy (non-hydrogen) atoms. The Bertz CT molecular complexity index is 532. The van der Waals surface area contributed by atoms with Crippen molar-refractivity contribution in [3.63, 3.8) is 0 Å². The first-order valence-corrected chi connectivity index (χ1v) is 7.71. The van der Waals surface area contributed by atoms with E-state index in [1.807, 2.05) is 30.3 Å². The van der Waals surface area contributed by atoms with Crippen LogP contribution in [0.5, 0.6) is 0 Å². The van der Waals surface area contributed by atoms with Gasteiger partial charge in [-0.3, -0.25) is 9.05 Å². The lowest BCUT2D eigenvalue weighted by atomic mass is 10.1. The van der Waals surface area contributed by atoms with E-state index in [0.717, 1.165) is 11.6 Å². The molecule has 0 saturated carbocycles. The summed E-state index contributed by atoms with van der Waals surface area (Å²) in [5.74, 6) is -0.532. The molecule has 0 N–H and O–H groups in total. The van der Waals surface area contributed by atoms with Crippen LogP contribution >= 0.6 is 7.82 Å². The first-order valence-electron chi connectivity index (χ1n) is 6.25. The molecule has 0 aliphatic heterocycles. The van der Waals surface area contributed by atoms with Crippen molar-refractivity contribution in [3.05, 3.63) is 47.7 Å². The van der Waals surface area contributed by atoms with Gasteiger partial charge in [-0.05, 0) is 19.4 Å². The van der Waals surface area contributed by atoms with Crippen LogP contribution in [-0.4, -0.2) is 20.2 Å². The van der Waals surface area contributed by atoms with Crippen molar-refractivity contribution in [2.75, 3.05) is 14.2 Å². The molecular formula is C14H19O6P. The van der Waals surface area contributed by atoms with Crippen LogP contribution in [0.3, 0.4) is 0 Å². The molecule has 1 aromatic carbocycles. The van der Waals surface area contributed by atoms with Crippen LogP contribution in [0.2, 0.25) is 0 Å². The van der Waals surface area contributed by atoms with Gasteiger partial charge in [0.15, 0.2) is 0 Å². The Morgan fingerprint density at radius 3 is 2.29 bits per heavy atom. The Morgan fingerprint density at radius 1 is 1.19 bits per heavy atom. The molecule has 0 aromatic heterocycles. The van der Waals surface area contributed by atoms with Crippen molar-refractivity contribution in [1.29, 1.82) is 0 Å². The first-order chi connectivity index (χ1) is 9.90. The predicted octanol–water partition coefficient (Wildman–Crippen LogP) is 3.61. The van der Waals surface area contributed by atoms with Gasteiger partial charge in [0, 0.05) is 14.2 Å². The maximum Gasteiger partial charge on any atom is 0.529 e. The van der Waals surface area contributed by atoms with Crippen LogP contribution in [-0.2, 0) is 27.7 Å². The minimum Gasteiger partial charge on any atom is -0.455 e. The highest BCUT2D eigenvalue weighted by molar-refractivity contribution is 7.48. The Hall–Kier alpha value is -1.62. The number of phosphoric ester groups is 1. The molecule has 0 heterocycles.